The van der Waals surface area contributed by atoms with Gasteiger partial charge in [0.1, 0.15) is 0 Å². The Morgan fingerprint density at radius 3 is 2.85 bits per heavy atom. The zero-order valence-corrected chi connectivity index (χ0v) is 14.7. The van der Waals surface area contributed by atoms with Crippen molar-refractivity contribution in [3.8, 4) is 0 Å². The van der Waals surface area contributed by atoms with Crippen molar-refractivity contribution in [3.63, 3.8) is 0 Å². The number of carbonyl (C=O) groups excluding carboxylic acids is 2. The Morgan fingerprint density at radius 2 is 2.08 bits per heavy atom. The van der Waals surface area contributed by atoms with Crippen LogP contribution in [-0.4, -0.2) is 55.4 Å². The first kappa shape index (κ1) is 16.6. The molecule has 4 heterocycles. The summed E-state index contributed by atoms with van der Waals surface area (Å²) in [5, 5.41) is 7.53. The van der Waals surface area contributed by atoms with Crippen LogP contribution in [-0.2, 0) is 11.3 Å². The number of nitrogens with zero attached hydrogens (tertiary/aromatic N) is 5. The van der Waals surface area contributed by atoms with Crippen LogP contribution in [0.5, 0.6) is 0 Å². The van der Waals surface area contributed by atoms with Gasteiger partial charge in [-0.2, -0.15) is 10.2 Å². The van der Waals surface area contributed by atoms with E-state index in [4.69, 9.17) is 0 Å². The van der Waals surface area contributed by atoms with Crippen molar-refractivity contribution >= 4 is 11.8 Å². The topological polar surface area (TPSA) is 79.3 Å². The van der Waals surface area contributed by atoms with Gasteiger partial charge >= 0.3 is 0 Å². The van der Waals surface area contributed by atoms with Gasteiger partial charge in [0.15, 0.2) is 0 Å². The Labute approximate surface area is 152 Å². The maximum Gasteiger partial charge on any atom is 0.255 e. The van der Waals surface area contributed by atoms with Gasteiger partial charge in [-0.1, -0.05) is 6.07 Å². The molecule has 0 unspecified atom stereocenters. The van der Waals surface area contributed by atoms with Crippen LogP contribution in [0.15, 0.2) is 36.7 Å². The van der Waals surface area contributed by atoms with Crippen LogP contribution in [0, 0.1) is 6.92 Å². The van der Waals surface area contributed by atoms with Crippen LogP contribution in [0.2, 0.25) is 0 Å². The van der Waals surface area contributed by atoms with Gasteiger partial charge in [0.25, 0.3) is 5.91 Å². The van der Waals surface area contributed by atoms with E-state index >= 15 is 0 Å². The SMILES string of the molecule is Cc1cccc(CN2C(=O)CC[C@@H]3[C@H]2CCN3C(=O)c2ccnnc2)n1. The van der Waals surface area contributed by atoms with E-state index in [1.807, 2.05) is 34.9 Å². The van der Waals surface area contributed by atoms with Gasteiger partial charge < -0.3 is 9.80 Å². The van der Waals surface area contributed by atoms with Crippen molar-refractivity contribution in [2.24, 2.45) is 0 Å². The highest BCUT2D eigenvalue weighted by Gasteiger charge is 2.45. The molecule has 0 aliphatic carbocycles. The molecule has 7 nitrogen and oxygen atoms in total. The van der Waals surface area contributed by atoms with E-state index in [9.17, 15) is 9.59 Å². The normalized spacial score (nSPS) is 22.4. The molecule has 2 amide bonds. The van der Waals surface area contributed by atoms with Crippen LogP contribution in [0.3, 0.4) is 0 Å². The van der Waals surface area contributed by atoms with Crippen molar-refractivity contribution in [1.82, 2.24) is 25.0 Å². The summed E-state index contributed by atoms with van der Waals surface area (Å²) in [7, 11) is 0. The second kappa shape index (κ2) is 6.82. The van der Waals surface area contributed by atoms with Gasteiger partial charge in [-0.15, -0.1) is 0 Å². The zero-order valence-electron chi connectivity index (χ0n) is 14.7. The Balaban J connectivity index is 1.54. The minimum atomic E-state index is -0.0321. The fourth-order valence-corrected chi connectivity index (χ4v) is 4.05. The molecule has 2 saturated heterocycles. The van der Waals surface area contributed by atoms with Crippen molar-refractivity contribution < 1.29 is 9.59 Å². The number of hydrogen-bond acceptors (Lipinski definition) is 5. The van der Waals surface area contributed by atoms with Crippen LogP contribution >= 0.6 is 0 Å². The lowest BCUT2D eigenvalue weighted by Crippen LogP contribution is -2.52. The number of hydrogen-bond donors (Lipinski definition) is 0. The molecule has 0 saturated carbocycles. The largest absolute Gasteiger partial charge is 0.333 e. The number of carbonyl (C=O) groups is 2. The first-order chi connectivity index (χ1) is 12.6. The monoisotopic (exact) mass is 351 g/mol. The molecule has 0 aromatic carbocycles. The molecule has 134 valence electrons. The second-order valence-corrected chi connectivity index (χ2v) is 6.88. The molecule has 0 spiro atoms. The molecule has 7 heteroatoms. The molecular formula is C19H21N5O2. The fraction of sp³-hybridized carbons (Fsp3) is 0.421. The smallest absolute Gasteiger partial charge is 0.255 e. The molecule has 4 rings (SSSR count). The molecule has 2 fully saturated rings. The number of aromatic nitrogens is 3. The van der Waals surface area contributed by atoms with Gasteiger partial charge in [0, 0.05) is 18.7 Å². The Morgan fingerprint density at radius 1 is 1.19 bits per heavy atom. The van der Waals surface area contributed by atoms with Gasteiger partial charge in [-0.05, 0) is 38.0 Å². The molecule has 2 aliphatic heterocycles. The van der Waals surface area contributed by atoms with Gasteiger partial charge in [0.2, 0.25) is 5.91 Å². The lowest BCUT2D eigenvalue weighted by Gasteiger charge is -2.39. The first-order valence-corrected chi connectivity index (χ1v) is 8.93. The third kappa shape index (κ3) is 3.05. The van der Waals surface area contributed by atoms with Crippen LogP contribution in [0.25, 0.3) is 0 Å². The third-order valence-corrected chi connectivity index (χ3v) is 5.26. The lowest BCUT2D eigenvalue weighted by molar-refractivity contribution is -0.138. The molecular weight excluding hydrogens is 330 g/mol. The zero-order chi connectivity index (χ0) is 18.1. The van der Waals surface area contributed by atoms with E-state index < -0.39 is 0 Å². The van der Waals surface area contributed by atoms with Crippen molar-refractivity contribution in [1.29, 1.82) is 0 Å². The highest BCUT2D eigenvalue weighted by Crippen LogP contribution is 2.33. The predicted octanol–water partition coefficient (Wildman–Crippen LogP) is 1.59. The highest BCUT2D eigenvalue weighted by molar-refractivity contribution is 5.94. The number of likely N-dealkylation sites (tertiary alicyclic amines) is 2. The minimum absolute atomic E-state index is 0.0321. The molecule has 0 N–H and O–H groups in total. The molecule has 0 radical (unpaired) electrons. The van der Waals surface area contributed by atoms with E-state index in [-0.39, 0.29) is 23.9 Å². The van der Waals surface area contributed by atoms with E-state index in [0.29, 0.717) is 31.5 Å². The van der Waals surface area contributed by atoms with Gasteiger partial charge in [0.05, 0.1) is 42.3 Å². The number of rotatable bonds is 3. The van der Waals surface area contributed by atoms with Crippen LogP contribution in [0.1, 0.15) is 41.0 Å². The summed E-state index contributed by atoms with van der Waals surface area (Å²) >= 11 is 0. The summed E-state index contributed by atoms with van der Waals surface area (Å²) < 4.78 is 0. The van der Waals surface area contributed by atoms with Crippen molar-refractivity contribution in [2.75, 3.05) is 6.54 Å². The van der Waals surface area contributed by atoms with Crippen LogP contribution in [0.4, 0.5) is 0 Å². The minimum Gasteiger partial charge on any atom is -0.333 e. The summed E-state index contributed by atoms with van der Waals surface area (Å²) in [6.45, 7) is 3.10. The molecule has 26 heavy (non-hydrogen) atoms. The highest BCUT2D eigenvalue weighted by atomic mass is 16.2. The average molecular weight is 351 g/mol. The first-order valence-electron chi connectivity index (χ1n) is 8.93. The number of pyridine rings is 1. The van der Waals surface area contributed by atoms with E-state index in [1.165, 1.54) is 12.4 Å². The molecule has 0 bridgehead atoms. The predicted molar refractivity (Wildman–Crippen MR) is 94.0 cm³/mol. The standard InChI is InChI=1S/C19H21N5O2/c1-13-3-2-4-15(22-13)12-24-17-8-10-23(16(17)5-6-18(24)25)19(26)14-7-9-20-21-11-14/h2-4,7,9,11,16-17H,5-6,8,10,12H2,1H3/t16-,17-/m1/s1. The van der Waals surface area contributed by atoms with Crippen molar-refractivity contribution in [2.45, 2.75) is 44.8 Å². The quantitative estimate of drug-likeness (QED) is 0.839. The lowest BCUT2D eigenvalue weighted by atomic mass is 9.95. The van der Waals surface area contributed by atoms with E-state index in [1.54, 1.807) is 6.07 Å². The second-order valence-electron chi connectivity index (χ2n) is 6.88. The maximum atomic E-state index is 12.8. The van der Waals surface area contributed by atoms with E-state index in [0.717, 1.165) is 17.8 Å². The van der Waals surface area contributed by atoms with E-state index in [2.05, 4.69) is 15.2 Å². The number of aryl methyl sites for hydroxylation is 1. The summed E-state index contributed by atoms with van der Waals surface area (Å²) in [6, 6.07) is 7.65. The summed E-state index contributed by atoms with van der Waals surface area (Å²) in [5.74, 6) is 0.116. The fourth-order valence-electron chi connectivity index (χ4n) is 4.05. The average Bonchev–Trinajstić information content (AvgIpc) is 3.08. The molecule has 2 aromatic heterocycles. The third-order valence-electron chi connectivity index (χ3n) is 5.26. The Kier molecular flexibility index (Phi) is 4.36. The Hall–Kier alpha value is -2.83. The summed E-state index contributed by atoms with van der Waals surface area (Å²) in [4.78, 5) is 33.7. The summed E-state index contributed by atoms with van der Waals surface area (Å²) in [5.41, 5.74) is 2.38. The molecule has 2 aromatic rings. The number of amides is 2. The summed E-state index contributed by atoms with van der Waals surface area (Å²) in [6.07, 6.45) is 5.00. The number of fused-ring (bicyclic) bond motifs is 1. The van der Waals surface area contributed by atoms with Crippen LogP contribution < -0.4 is 0 Å². The molecule has 2 atom stereocenters. The number of piperidine rings is 1. The van der Waals surface area contributed by atoms with Crippen molar-refractivity contribution in [3.05, 3.63) is 53.6 Å². The maximum absolute atomic E-state index is 12.8. The van der Waals surface area contributed by atoms with Gasteiger partial charge in [-0.25, -0.2) is 0 Å². The Bertz CT molecular complexity index is 826. The molecule has 2 aliphatic rings. The van der Waals surface area contributed by atoms with Gasteiger partial charge in [-0.3, -0.25) is 14.6 Å².